The lowest BCUT2D eigenvalue weighted by molar-refractivity contribution is 0.222. The van der Waals surface area contributed by atoms with Crippen molar-refractivity contribution in [2.75, 3.05) is 18.4 Å². The Morgan fingerprint density at radius 3 is 2.79 bits per heavy atom. The SMILES string of the molecule is Cc1cc(NC(=O)N2CCCC2)c2ccccc2n1. The van der Waals surface area contributed by atoms with Crippen molar-refractivity contribution >= 4 is 22.6 Å². The van der Waals surface area contributed by atoms with E-state index in [1.165, 1.54) is 0 Å². The van der Waals surface area contributed by atoms with Gasteiger partial charge < -0.3 is 10.2 Å². The van der Waals surface area contributed by atoms with Crippen LogP contribution in [0.4, 0.5) is 10.5 Å². The number of pyridine rings is 1. The second-order valence-electron chi connectivity index (χ2n) is 4.95. The molecular formula is C15H17N3O. The third-order valence-electron chi connectivity index (χ3n) is 3.48. The molecule has 19 heavy (non-hydrogen) atoms. The second-order valence-corrected chi connectivity index (χ2v) is 4.95. The van der Waals surface area contributed by atoms with Gasteiger partial charge in [0.05, 0.1) is 11.2 Å². The number of nitrogens with one attached hydrogen (secondary N) is 1. The van der Waals surface area contributed by atoms with Crippen LogP contribution in [-0.2, 0) is 0 Å². The standard InChI is InChI=1S/C15H17N3O/c1-11-10-14(12-6-2-3-7-13(12)16-11)17-15(19)18-8-4-5-9-18/h2-3,6-7,10H,4-5,8-9H2,1H3,(H,16,17,19). The molecule has 2 amide bonds. The molecule has 0 unspecified atom stereocenters. The predicted octanol–water partition coefficient (Wildman–Crippen LogP) is 3.17. The average Bonchev–Trinajstić information content (AvgIpc) is 2.92. The van der Waals surface area contributed by atoms with Gasteiger partial charge >= 0.3 is 6.03 Å². The van der Waals surface area contributed by atoms with Crippen LogP contribution in [0.2, 0.25) is 0 Å². The van der Waals surface area contributed by atoms with Crippen LogP contribution in [0.25, 0.3) is 10.9 Å². The van der Waals surface area contributed by atoms with Gasteiger partial charge in [0.15, 0.2) is 0 Å². The van der Waals surface area contributed by atoms with E-state index in [-0.39, 0.29) is 6.03 Å². The second kappa shape index (κ2) is 4.88. The van der Waals surface area contributed by atoms with Crippen LogP contribution in [0.15, 0.2) is 30.3 Å². The molecule has 0 aliphatic carbocycles. The van der Waals surface area contributed by atoms with E-state index in [1.54, 1.807) is 0 Å². The lowest BCUT2D eigenvalue weighted by Gasteiger charge is -2.17. The van der Waals surface area contributed by atoms with Gasteiger partial charge in [-0.3, -0.25) is 4.98 Å². The van der Waals surface area contributed by atoms with Gasteiger partial charge in [-0.2, -0.15) is 0 Å². The molecule has 1 N–H and O–H groups in total. The third kappa shape index (κ3) is 2.38. The fourth-order valence-electron chi connectivity index (χ4n) is 2.53. The van der Waals surface area contributed by atoms with Crippen molar-refractivity contribution in [2.24, 2.45) is 0 Å². The van der Waals surface area contributed by atoms with Gasteiger partial charge in [-0.25, -0.2) is 4.79 Å². The van der Waals surface area contributed by atoms with Crippen molar-refractivity contribution in [1.82, 2.24) is 9.88 Å². The molecule has 1 aromatic carbocycles. The molecule has 1 aromatic heterocycles. The quantitative estimate of drug-likeness (QED) is 0.850. The molecule has 1 aliphatic heterocycles. The Hall–Kier alpha value is -2.10. The Morgan fingerprint density at radius 2 is 2.00 bits per heavy atom. The minimum atomic E-state index is -0.00625. The first-order chi connectivity index (χ1) is 9.24. The van der Waals surface area contributed by atoms with Crippen LogP contribution in [0.1, 0.15) is 18.5 Å². The molecule has 4 heteroatoms. The highest BCUT2D eigenvalue weighted by atomic mass is 16.2. The van der Waals surface area contributed by atoms with Gasteiger partial charge in [0.2, 0.25) is 0 Å². The number of para-hydroxylation sites is 1. The summed E-state index contributed by atoms with van der Waals surface area (Å²) in [5.74, 6) is 0. The summed E-state index contributed by atoms with van der Waals surface area (Å²) in [6, 6.07) is 9.80. The zero-order chi connectivity index (χ0) is 13.2. The third-order valence-corrected chi connectivity index (χ3v) is 3.48. The number of nitrogens with zero attached hydrogens (tertiary/aromatic N) is 2. The minimum absolute atomic E-state index is 0.00625. The Kier molecular flexibility index (Phi) is 3.07. The molecule has 1 saturated heterocycles. The Balaban J connectivity index is 1.93. The van der Waals surface area contributed by atoms with Crippen molar-refractivity contribution in [3.05, 3.63) is 36.0 Å². The zero-order valence-corrected chi connectivity index (χ0v) is 11.0. The maximum Gasteiger partial charge on any atom is 0.321 e. The highest BCUT2D eigenvalue weighted by molar-refractivity contribution is 6.00. The zero-order valence-electron chi connectivity index (χ0n) is 11.0. The van der Waals surface area contributed by atoms with E-state index in [0.29, 0.717) is 0 Å². The van der Waals surface area contributed by atoms with Crippen molar-refractivity contribution in [3.63, 3.8) is 0 Å². The number of hydrogen-bond acceptors (Lipinski definition) is 2. The molecule has 1 aliphatic rings. The van der Waals surface area contributed by atoms with Gasteiger partial charge in [0, 0.05) is 24.2 Å². The summed E-state index contributed by atoms with van der Waals surface area (Å²) < 4.78 is 0. The molecule has 2 aromatic rings. The molecule has 0 saturated carbocycles. The van der Waals surface area contributed by atoms with Crippen LogP contribution < -0.4 is 5.32 Å². The number of anilines is 1. The van der Waals surface area contributed by atoms with Crippen molar-refractivity contribution in [3.8, 4) is 0 Å². The summed E-state index contributed by atoms with van der Waals surface area (Å²) in [5, 5.41) is 4.00. The number of urea groups is 1. The predicted molar refractivity (Wildman–Crippen MR) is 76.3 cm³/mol. The van der Waals surface area contributed by atoms with Gasteiger partial charge in [-0.1, -0.05) is 18.2 Å². The molecule has 98 valence electrons. The van der Waals surface area contributed by atoms with Crippen molar-refractivity contribution < 1.29 is 4.79 Å². The van der Waals surface area contributed by atoms with Gasteiger partial charge in [-0.15, -0.1) is 0 Å². The van der Waals surface area contributed by atoms with Gasteiger partial charge in [0.1, 0.15) is 0 Å². The summed E-state index contributed by atoms with van der Waals surface area (Å²) in [4.78, 5) is 18.5. The molecule has 0 bridgehead atoms. The van der Waals surface area contributed by atoms with E-state index in [0.717, 1.165) is 48.2 Å². The summed E-state index contributed by atoms with van der Waals surface area (Å²) in [6.45, 7) is 3.65. The maximum absolute atomic E-state index is 12.2. The largest absolute Gasteiger partial charge is 0.325 e. The first-order valence-corrected chi connectivity index (χ1v) is 6.66. The van der Waals surface area contributed by atoms with E-state index in [1.807, 2.05) is 42.2 Å². The van der Waals surface area contributed by atoms with E-state index in [4.69, 9.17) is 0 Å². The van der Waals surface area contributed by atoms with Crippen LogP contribution in [-0.4, -0.2) is 29.0 Å². The van der Waals surface area contributed by atoms with Crippen molar-refractivity contribution in [2.45, 2.75) is 19.8 Å². The van der Waals surface area contributed by atoms with E-state index in [9.17, 15) is 4.79 Å². The highest BCUT2D eigenvalue weighted by Crippen LogP contribution is 2.23. The van der Waals surface area contributed by atoms with Gasteiger partial charge in [0.25, 0.3) is 0 Å². The van der Waals surface area contributed by atoms with Gasteiger partial charge in [-0.05, 0) is 31.9 Å². The number of benzene rings is 1. The fraction of sp³-hybridized carbons (Fsp3) is 0.333. The smallest absolute Gasteiger partial charge is 0.321 e. The summed E-state index contributed by atoms with van der Waals surface area (Å²) in [6.07, 6.45) is 2.20. The fourth-order valence-corrected chi connectivity index (χ4v) is 2.53. The molecule has 4 nitrogen and oxygen atoms in total. The minimum Gasteiger partial charge on any atom is -0.325 e. The Labute approximate surface area is 112 Å². The molecule has 0 atom stereocenters. The Morgan fingerprint density at radius 1 is 1.26 bits per heavy atom. The topological polar surface area (TPSA) is 45.2 Å². The molecule has 3 rings (SSSR count). The number of carbonyl (C=O) groups is 1. The lowest BCUT2D eigenvalue weighted by Crippen LogP contribution is -2.32. The van der Waals surface area contributed by atoms with E-state index < -0.39 is 0 Å². The lowest BCUT2D eigenvalue weighted by atomic mass is 10.1. The number of aromatic nitrogens is 1. The first kappa shape index (κ1) is 12.0. The number of fused-ring (bicyclic) bond motifs is 1. The molecular weight excluding hydrogens is 238 g/mol. The van der Waals surface area contributed by atoms with E-state index >= 15 is 0 Å². The van der Waals surface area contributed by atoms with Crippen LogP contribution in [0.5, 0.6) is 0 Å². The molecule has 0 radical (unpaired) electrons. The monoisotopic (exact) mass is 255 g/mol. The number of hydrogen-bond donors (Lipinski definition) is 1. The molecule has 2 heterocycles. The van der Waals surface area contributed by atoms with Crippen LogP contribution >= 0.6 is 0 Å². The normalized spacial score (nSPS) is 14.9. The van der Waals surface area contributed by atoms with Crippen LogP contribution in [0.3, 0.4) is 0 Å². The molecule has 0 spiro atoms. The summed E-state index contributed by atoms with van der Waals surface area (Å²) >= 11 is 0. The number of likely N-dealkylation sites (tertiary alicyclic amines) is 1. The highest BCUT2D eigenvalue weighted by Gasteiger charge is 2.18. The number of amides is 2. The average molecular weight is 255 g/mol. The molecule has 1 fully saturated rings. The van der Waals surface area contributed by atoms with Crippen LogP contribution in [0, 0.1) is 6.92 Å². The first-order valence-electron chi connectivity index (χ1n) is 6.66. The Bertz CT molecular complexity index is 618. The van der Waals surface area contributed by atoms with E-state index in [2.05, 4.69) is 10.3 Å². The maximum atomic E-state index is 12.2. The number of rotatable bonds is 1. The number of carbonyl (C=O) groups excluding carboxylic acids is 1. The summed E-state index contributed by atoms with van der Waals surface area (Å²) in [7, 11) is 0. The number of aryl methyl sites for hydroxylation is 1. The summed E-state index contributed by atoms with van der Waals surface area (Å²) in [5.41, 5.74) is 2.68. The van der Waals surface area contributed by atoms with Crippen molar-refractivity contribution in [1.29, 1.82) is 0 Å².